The Kier molecular flexibility index (Phi) is 4.18. The number of nitro groups is 1. The van der Waals surface area contributed by atoms with Gasteiger partial charge in [0, 0.05) is 5.88 Å². The van der Waals surface area contributed by atoms with Gasteiger partial charge in [-0.3, -0.25) is 10.1 Å². The van der Waals surface area contributed by atoms with Gasteiger partial charge in [-0.15, -0.1) is 11.6 Å². The van der Waals surface area contributed by atoms with Gasteiger partial charge in [0.15, 0.2) is 0 Å². The molecule has 0 aliphatic carbocycles. The first-order chi connectivity index (χ1) is 7.94. The molecular weight excluding hydrogens is 274 g/mol. The lowest BCUT2D eigenvalue weighted by atomic mass is 10.5. The Hall–Kier alpha value is -1.48. The predicted molar refractivity (Wildman–Crippen MR) is 58.0 cm³/mol. The number of alkyl halides is 1. The highest BCUT2D eigenvalue weighted by Crippen LogP contribution is 2.30. The fraction of sp³-hybridized carbons (Fsp3) is 0.429. The van der Waals surface area contributed by atoms with Crippen molar-refractivity contribution in [3.8, 4) is 5.88 Å². The number of methoxy groups -OCH3 is 1. The summed E-state index contributed by atoms with van der Waals surface area (Å²) in [6.45, 7) is 0. The highest BCUT2D eigenvalue weighted by Gasteiger charge is 2.32. The van der Waals surface area contributed by atoms with Gasteiger partial charge >= 0.3 is 5.69 Å². The second-order valence-electron chi connectivity index (χ2n) is 2.80. The summed E-state index contributed by atoms with van der Waals surface area (Å²) in [5.41, 5.74) is -0.778. The molecule has 0 radical (unpaired) electrons. The van der Waals surface area contributed by atoms with Crippen LogP contribution in [0.25, 0.3) is 0 Å². The number of rotatable bonds is 5. The Labute approximate surface area is 102 Å². The first-order valence-electron chi connectivity index (χ1n) is 4.26. The van der Waals surface area contributed by atoms with E-state index in [2.05, 4.69) is 14.7 Å². The highest BCUT2D eigenvalue weighted by atomic mass is 35.5. The first-order valence-corrected chi connectivity index (χ1v) is 6.44. The van der Waals surface area contributed by atoms with Gasteiger partial charge in [-0.1, -0.05) is 0 Å². The quantitative estimate of drug-likeness (QED) is 0.332. The zero-order chi connectivity index (χ0) is 13.1. The van der Waals surface area contributed by atoms with Gasteiger partial charge in [0.1, 0.15) is 6.33 Å². The van der Waals surface area contributed by atoms with Crippen molar-refractivity contribution in [3.63, 3.8) is 0 Å². The van der Waals surface area contributed by atoms with E-state index in [4.69, 9.17) is 11.6 Å². The van der Waals surface area contributed by atoms with Crippen LogP contribution in [0.15, 0.2) is 11.4 Å². The van der Waals surface area contributed by atoms with Gasteiger partial charge in [-0.2, -0.15) is 4.98 Å². The van der Waals surface area contributed by atoms with Crippen molar-refractivity contribution in [2.75, 3.05) is 18.7 Å². The van der Waals surface area contributed by atoms with Crippen LogP contribution < -0.4 is 4.74 Å². The number of hydrogen-bond acceptors (Lipinski definition) is 7. The minimum absolute atomic E-state index is 0.189. The van der Waals surface area contributed by atoms with Crippen LogP contribution in [0, 0.1) is 10.1 Å². The lowest BCUT2D eigenvalue weighted by molar-refractivity contribution is -0.389. The largest absolute Gasteiger partial charge is 0.476 e. The Bertz CT molecular complexity index is 532. The van der Waals surface area contributed by atoms with Gasteiger partial charge in [-0.25, -0.2) is 13.4 Å². The van der Waals surface area contributed by atoms with Crippen LogP contribution in [0.3, 0.4) is 0 Å². The second kappa shape index (κ2) is 5.23. The van der Waals surface area contributed by atoms with Gasteiger partial charge in [-0.05, 0) is 0 Å². The van der Waals surface area contributed by atoms with Crippen molar-refractivity contribution < 1.29 is 18.1 Å². The third-order valence-electron chi connectivity index (χ3n) is 1.77. The molecule has 0 aromatic carbocycles. The molecule has 0 fully saturated rings. The van der Waals surface area contributed by atoms with Crippen molar-refractivity contribution >= 4 is 27.1 Å². The Morgan fingerprint density at radius 1 is 1.53 bits per heavy atom. The molecule has 0 spiro atoms. The monoisotopic (exact) mass is 281 g/mol. The Morgan fingerprint density at radius 2 is 2.18 bits per heavy atom. The minimum Gasteiger partial charge on any atom is -0.476 e. The number of sulfone groups is 1. The topological polar surface area (TPSA) is 112 Å². The Morgan fingerprint density at radius 3 is 2.65 bits per heavy atom. The highest BCUT2D eigenvalue weighted by molar-refractivity contribution is 7.91. The first kappa shape index (κ1) is 13.6. The maximum absolute atomic E-state index is 11.7. The lowest BCUT2D eigenvalue weighted by Gasteiger charge is -2.04. The molecule has 0 aliphatic heterocycles. The van der Waals surface area contributed by atoms with E-state index >= 15 is 0 Å². The number of halogens is 1. The summed E-state index contributed by atoms with van der Waals surface area (Å²) >= 11 is 5.32. The smallest absolute Gasteiger partial charge is 0.367 e. The van der Waals surface area contributed by atoms with Crippen LogP contribution in [0.2, 0.25) is 0 Å². The minimum atomic E-state index is -3.92. The number of ether oxygens (including phenoxy) is 1. The molecule has 8 nitrogen and oxygen atoms in total. The van der Waals surface area contributed by atoms with Crippen molar-refractivity contribution in [1.82, 2.24) is 9.97 Å². The molecule has 1 aromatic rings. The molecule has 0 N–H and O–H groups in total. The second-order valence-corrected chi connectivity index (χ2v) is 5.20. The molecule has 0 saturated heterocycles. The van der Waals surface area contributed by atoms with E-state index < -0.39 is 37.1 Å². The molecule has 0 aliphatic rings. The van der Waals surface area contributed by atoms with Gasteiger partial charge < -0.3 is 4.74 Å². The summed E-state index contributed by atoms with van der Waals surface area (Å²) in [6.07, 6.45) is 0.882. The van der Waals surface area contributed by atoms with E-state index in [-0.39, 0.29) is 5.88 Å². The van der Waals surface area contributed by atoms with Crippen molar-refractivity contribution in [3.05, 3.63) is 16.4 Å². The number of hydrogen-bond donors (Lipinski definition) is 0. The van der Waals surface area contributed by atoms with Crippen LogP contribution in [0.4, 0.5) is 5.69 Å². The fourth-order valence-electron chi connectivity index (χ4n) is 1.08. The van der Waals surface area contributed by atoms with Crippen molar-refractivity contribution in [1.29, 1.82) is 0 Å². The van der Waals surface area contributed by atoms with E-state index in [0.29, 0.717) is 0 Å². The average molecular weight is 282 g/mol. The van der Waals surface area contributed by atoms with Crippen LogP contribution in [-0.2, 0) is 9.84 Å². The van der Waals surface area contributed by atoms with Crippen molar-refractivity contribution in [2.24, 2.45) is 0 Å². The number of aromatic nitrogens is 2. The van der Waals surface area contributed by atoms with Crippen molar-refractivity contribution in [2.45, 2.75) is 5.03 Å². The molecule has 0 atom stereocenters. The third kappa shape index (κ3) is 2.80. The van der Waals surface area contributed by atoms with Gasteiger partial charge in [0.25, 0.3) is 5.88 Å². The molecule has 0 amide bonds. The molecule has 17 heavy (non-hydrogen) atoms. The lowest BCUT2D eigenvalue weighted by Crippen LogP contribution is -2.13. The normalized spacial score (nSPS) is 11.2. The standard InChI is InChI=1S/C7H8ClN3O5S/c1-16-6-5(11(12)13)7(10-4-9-6)17(14,15)3-2-8/h4H,2-3H2,1H3. The van der Waals surface area contributed by atoms with E-state index in [1.165, 1.54) is 0 Å². The van der Waals surface area contributed by atoms with Crippen LogP contribution in [-0.4, -0.2) is 42.1 Å². The molecule has 0 saturated carbocycles. The summed E-state index contributed by atoms with van der Waals surface area (Å²) in [5, 5.41) is 10.1. The summed E-state index contributed by atoms with van der Waals surface area (Å²) in [7, 11) is -2.78. The maximum Gasteiger partial charge on any atom is 0.367 e. The molecule has 94 valence electrons. The molecule has 1 heterocycles. The van der Waals surface area contributed by atoms with E-state index in [1.807, 2.05) is 0 Å². The van der Waals surface area contributed by atoms with Gasteiger partial charge in [0.05, 0.1) is 17.8 Å². The van der Waals surface area contributed by atoms with Crippen LogP contribution in [0.5, 0.6) is 5.88 Å². The predicted octanol–water partition coefficient (Wildman–Crippen LogP) is 0.406. The SMILES string of the molecule is COc1ncnc(S(=O)(=O)CCCl)c1[N+](=O)[O-]. The summed E-state index contributed by atoms with van der Waals surface area (Å²) < 4.78 is 28.0. The third-order valence-corrected chi connectivity index (χ3v) is 3.81. The summed E-state index contributed by atoms with van der Waals surface area (Å²) in [5.74, 6) is -1.04. The molecule has 10 heteroatoms. The van der Waals surface area contributed by atoms with E-state index in [0.717, 1.165) is 13.4 Å². The van der Waals surface area contributed by atoms with Gasteiger partial charge in [0.2, 0.25) is 14.9 Å². The van der Waals surface area contributed by atoms with Crippen LogP contribution >= 0.6 is 11.6 Å². The molecule has 1 rings (SSSR count). The number of nitrogens with zero attached hydrogens (tertiary/aromatic N) is 3. The molecule has 0 bridgehead atoms. The zero-order valence-electron chi connectivity index (χ0n) is 8.66. The Balaban J connectivity index is 3.49. The van der Waals surface area contributed by atoms with Crippen LogP contribution in [0.1, 0.15) is 0 Å². The molecule has 1 aromatic heterocycles. The molecule has 0 unspecified atom stereocenters. The zero-order valence-corrected chi connectivity index (χ0v) is 10.2. The summed E-state index contributed by atoms with van der Waals surface area (Å²) in [4.78, 5) is 16.8. The fourth-order valence-corrected chi connectivity index (χ4v) is 2.75. The maximum atomic E-state index is 11.7. The summed E-state index contributed by atoms with van der Waals surface area (Å²) in [6, 6.07) is 0. The average Bonchev–Trinajstić information content (AvgIpc) is 2.27. The molecular formula is C7H8ClN3O5S. The van der Waals surface area contributed by atoms with E-state index in [1.54, 1.807) is 0 Å². The van der Waals surface area contributed by atoms with E-state index in [9.17, 15) is 18.5 Å².